The summed E-state index contributed by atoms with van der Waals surface area (Å²) in [6.07, 6.45) is 13.7. The van der Waals surface area contributed by atoms with Gasteiger partial charge in [0.2, 0.25) is 5.69 Å². The Morgan fingerprint density at radius 2 is 1.53 bits per heavy atom. The van der Waals surface area contributed by atoms with Crippen LogP contribution in [0.4, 0.5) is 11.4 Å². The van der Waals surface area contributed by atoms with Gasteiger partial charge in [0.1, 0.15) is 6.54 Å². The van der Waals surface area contributed by atoms with Crippen LogP contribution in [0.15, 0.2) is 119 Å². The zero-order valence-electron chi connectivity index (χ0n) is 33.1. The number of anilines is 1. The number of hydrogen-bond acceptors (Lipinski definition) is 7. The molecule has 0 radical (unpaired) electrons. The van der Waals surface area contributed by atoms with Gasteiger partial charge in [-0.15, -0.1) is 0 Å². The summed E-state index contributed by atoms with van der Waals surface area (Å²) in [5.74, 6) is -0.369. The van der Waals surface area contributed by atoms with E-state index in [1.807, 2.05) is 6.07 Å². The van der Waals surface area contributed by atoms with Gasteiger partial charge in [-0.2, -0.15) is 4.58 Å². The fourth-order valence-corrected chi connectivity index (χ4v) is 10.3. The Bertz CT molecular complexity index is 2510. The van der Waals surface area contributed by atoms with Crippen molar-refractivity contribution >= 4 is 71.7 Å². The fraction of sp³-hybridized carbons (Fsp3) is 0.370. The first-order valence-electron chi connectivity index (χ1n) is 19.8. The number of allylic oxidation sites excluding steroid dienone is 8. The van der Waals surface area contributed by atoms with Crippen molar-refractivity contribution in [3.63, 3.8) is 0 Å². The summed E-state index contributed by atoms with van der Waals surface area (Å²) in [6, 6.07) is 25.6. The van der Waals surface area contributed by atoms with Gasteiger partial charge in [0.05, 0.1) is 33.5 Å². The molecule has 0 amide bonds. The van der Waals surface area contributed by atoms with Gasteiger partial charge in [-0.05, 0) is 109 Å². The van der Waals surface area contributed by atoms with E-state index in [1.165, 1.54) is 32.7 Å². The van der Waals surface area contributed by atoms with Gasteiger partial charge in [0.25, 0.3) is 0 Å². The van der Waals surface area contributed by atoms with E-state index in [9.17, 15) is 21.7 Å². The first-order chi connectivity index (χ1) is 27.2. The molecule has 4 aromatic rings. The van der Waals surface area contributed by atoms with Crippen molar-refractivity contribution in [2.45, 2.75) is 83.5 Å². The van der Waals surface area contributed by atoms with Crippen LogP contribution in [0.3, 0.4) is 0 Å². The lowest BCUT2D eigenvalue weighted by atomic mass is 9.78. The summed E-state index contributed by atoms with van der Waals surface area (Å²) in [5.41, 5.74) is 8.54. The highest BCUT2D eigenvalue weighted by atomic mass is 35.5. The lowest BCUT2D eigenvalue weighted by molar-refractivity contribution is -0.438. The van der Waals surface area contributed by atoms with E-state index in [0.29, 0.717) is 32.4 Å². The molecule has 0 fully saturated rings. The van der Waals surface area contributed by atoms with Crippen LogP contribution in [0.25, 0.3) is 21.5 Å². The lowest BCUT2D eigenvalue weighted by Gasteiger charge is -2.27. The van der Waals surface area contributed by atoms with E-state index in [0.717, 1.165) is 64.6 Å². The molecule has 1 unspecified atom stereocenters. The summed E-state index contributed by atoms with van der Waals surface area (Å²) in [6.45, 7) is 10.5. The Labute approximate surface area is 344 Å². The summed E-state index contributed by atoms with van der Waals surface area (Å²) in [4.78, 5) is 2.29. The Morgan fingerprint density at radius 1 is 0.842 bits per heavy atom. The third-order valence-electron chi connectivity index (χ3n) is 11.8. The molecule has 0 aromatic heterocycles. The molecule has 1 aliphatic carbocycles. The largest absolute Gasteiger partial charge is 0.750 e. The van der Waals surface area contributed by atoms with Crippen molar-refractivity contribution in [3.05, 3.63) is 130 Å². The quantitative estimate of drug-likeness (QED) is 0.0538. The van der Waals surface area contributed by atoms with E-state index in [-0.39, 0.29) is 23.2 Å². The van der Waals surface area contributed by atoms with Gasteiger partial charge in [-0.25, -0.2) is 12.6 Å². The predicted octanol–water partition coefficient (Wildman–Crippen LogP) is 10.1. The molecule has 2 aliphatic heterocycles. The minimum absolute atomic E-state index is 0.153. The molecule has 0 N–H and O–H groups in total. The SMILES string of the molecule is CC1(C)C(/C=C/C2=C(Cl)C(=C/C=C3/N(CCCCS(=O)(=O)[O-])c4ccc5ccccc5c4C3(C)C)/CCC2)=[N+](CCCCOS(=O)[O-])c2ccc3ccccc3c21. The van der Waals surface area contributed by atoms with Crippen LogP contribution in [0.2, 0.25) is 0 Å². The fourth-order valence-electron chi connectivity index (χ4n) is 9.17. The van der Waals surface area contributed by atoms with Crippen LogP contribution < -0.4 is 4.90 Å². The molecular weight excluding hydrogens is 776 g/mol. The number of halogens is 1. The van der Waals surface area contributed by atoms with Crippen LogP contribution in [-0.4, -0.2) is 57.5 Å². The topological polar surface area (TPSA) is 113 Å². The van der Waals surface area contributed by atoms with Crippen molar-refractivity contribution in [3.8, 4) is 0 Å². The van der Waals surface area contributed by atoms with E-state index >= 15 is 0 Å². The molecule has 0 saturated carbocycles. The Hall–Kier alpha value is -3.90. The molecule has 2 heterocycles. The summed E-state index contributed by atoms with van der Waals surface area (Å²) >= 11 is 4.78. The van der Waals surface area contributed by atoms with Gasteiger partial charge in [-0.3, -0.25) is 0 Å². The molecule has 57 heavy (non-hydrogen) atoms. The highest BCUT2D eigenvalue weighted by molar-refractivity contribution is 7.85. The molecule has 4 aromatic carbocycles. The highest BCUT2D eigenvalue weighted by Gasteiger charge is 2.45. The molecule has 11 heteroatoms. The van der Waals surface area contributed by atoms with Gasteiger partial charge >= 0.3 is 0 Å². The van der Waals surface area contributed by atoms with Crippen molar-refractivity contribution in [2.75, 3.05) is 30.3 Å². The van der Waals surface area contributed by atoms with Gasteiger partial charge in [0.15, 0.2) is 5.71 Å². The number of unbranched alkanes of at least 4 members (excludes halogenated alkanes) is 2. The summed E-state index contributed by atoms with van der Waals surface area (Å²) in [7, 11) is -4.28. The average Bonchev–Trinajstić information content (AvgIpc) is 3.53. The third kappa shape index (κ3) is 8.49. The number of benzene rings is 4. The highest BCUT2D eigenvalue weighted by Crippen LogP contribution is 2.51. The Kier molecular flexibility index (Phi) is 12.1. The molecule has 1 atom stereocenters. The molecule has 8 nitrogen and oxygen atoms in total. The first kappa shape index (κ1) is 41.3. The van der Waals surface area contributed by atoms with Crippen molar-refractivity contribution in [1.82, 2.24) is 0 Å². The Morgan fingerprint density at radius 3 is 2.23 bits per heavy atom. The summed E-state index contributed by atoms with van der Waals surface area (Å²) in [5, 5.41) is 5.53. The lowest BCUT2D eigenvalue weighted by Crippen LogP contribution is -2.28. The zero-order valence-corrected chi connectivity index (χ0v) is 35.4. The van der Waals surface area contributed by atoms with E-state index in [2.05, 4.69) is 128 Å². The first-order valence-corrected chi connectivity index (χ1v) is 22.8. The predicted molar refractivity (Wildman–Crippen MR) is 231 cm³/mol. The smallest absolute Gasteiger partial charge is 0.210 e. The second-order valence-electron chi connectivity index (χ2n) is 16.3. The summed E-state index contributed by atoms with van der Waals surface area (Å²) < 4.78 is 63.2. The van der Waals surface area contributed by atoms with Gasteiger partial charge in [0, 0.05) is 58.3 Å². The van der Waals surface area contributed by atoms with Crippen LogP contribution in [-0.2, 0) is 36.5 Å². The third-order valence-corrected chi connectivity index (χ3v) is 13.5. The van der Waals surface area contributed by atoms with E-state index in [4.69, 9.17) is 15.8 Å². The second-order valence-corrected chi connectivity index (χ2v) is 18.8. The van der Waals surface area contributed by atoms with Gasteiger partial charge < -0.3 is 18.2 Å². The molecular formula is C46H50ClN2O6S2-. The van der Waals surface area contributed by atoms with Crippen LogP contribution in [0.1, 0.15) is 83.8 Å². The Balaban J connectivity index is 1.23. The van der Waals surface area contributed by atoms with Crippen molar-refractivity contribution in [1.29, 1.82) is 0 Å². The number of rotatable bonds is 14. The normalized spacial score (nSPS) is 19.8. The second kappa shape index (κ2) is 16.8. The molecule has 7 rings (SSSR count). The van der Waals surface area contributed by atoms with Crippen LogP contribution in [0, 0.1) is 0 Å². The van der Waals surface area contributed by atoms with Crippen molar-refractivity contribution in [2.24, 2.45) is 0 Å². The average molecular weight is 827 g/mol. The minimum Gasteiger partial charge on any atom is -0.750 e. The van der Waals surface area contributed by atoms with Crippen molar-refractivity contribution < 1.29 is 30.5 Å². The molecule has 3 aliphatic rings. The monoisotopic (exact) mass is 825 g/mol. The number of nitrogens with zero attached hydrogens (tertiary/aromatic N) is 2. The maximum Gasteiger partial charge on any atom is 0.210 e. The van der Waals surface area contributed by atoms with Crippen LogP contribution >= 0.6 is 11.6 Å². The van der Waals surface area contributed by atoms with Crippen LogP contribution in [0.5, 0.6) is 0 Å². The van der Waals surface area contributed by atoms with Gasteiger partial charge in [-0.1, -0.05) is 92.2 Å². The van der Waals surface area contributed by atoms with E-state index in [1.54, 1.807) is 0 Å². The zero-order chi connectivity index (χ0) is 40.5. The standard InChI is InChI=1S/C46H51ClN2O6S2/c1-45(2)40(48(28-9-11-30-55-56(50)51)38-24-20-32-14-5-7-18-36(32)42(38)45)26-22-34-16-13-17-35(44(34)47)23-27-41-46(3,4)43-37-19-8-6-15-33(37)21-25-39(43)49(41)29-10-12-31-57(52,53)54/h5-8,14-15,18-27H,9-13,16-17,28-31H2,1-4H3,(H-,50,51,52,53,54)/p-1. The minimum atomic E-state index is -4.28. The van der Waals surface area contributed by atoms with E-state index < -0.39 is 21.5 Å². The number of hydrogen-bond donors (Lipinski definition) is 0. The molecule has 0 spiro atoms. The maximum absolute atomic E-state index is 11.4. The molecule has 300 valence electrons. The number of fused-ring (bicyclic) bond motifs is 6. The molecule has 0 saturated heterocycles. The molecule has 0 bridgehead atoms. The maximum atomic E-state index is 11.4.